The van der Waals surface area contributed by atoms with Crippen LogP contribution in [0.25, 0.3) is 0 Å². The lowest BCUT2D eigenvalue weighted by molar-refractivity contribution is -0.125. The zero-order valence-corrected chi connectivity index (χ0v) is 20.3. The third-order valence-electron chi connectivity index (χ3n) is 5.89. The van der Waals surface area contributed by atoms with Gasteiger partial charge < -0.3 is 14.8 Å². The predicted molar refractivity (Wildman–Crippen MR) is 131 cm³/mol. The number of ether oxygens (including phenoxy) is 2. The largest absolute Gasteiger partial charge is 0.462 e. The molecule has 2 aromatic carbocycles. The summed E-state index contributed by atoms with van der Waals surface area (Å²) in [5.41, 5.74) is 1.41. The van der Waals surface area contributed by atoms with Crippen molar-refractivity contribution in [1.29, 1.82) is 0 Å². The molecule has 0 unspecified atom stereocenters. The summed E-state index contributed by atoms with van der Waals surface area (Å²) in [5.74, 6) is -2.36. The first-order valence-corrected chi connectivity index (χ1v) is 12.3. The maximum absolute atomic E-state index is 14.2. The first-order valence-electron chi connectivity index (χ1n) is 11.5. The number of benzene rings is 2. The number of nitrogens with one attached hydrogen (secondary N) is 1. The van der Waals surface area contributed by atoms with E-state index in [9.17, 15) is 18.8 Å². The van der Waals surface area contributed by atoms with Crippen LogP contribution in [0.2, 0.25) is 0 Å². The van der Waals surface area contributed by atoms with Crippen LogP contribution in [0.1, 0.15) is 63.1 Å². The van der Waals surface area contributed by atoms with E-state index in [2.05, 4.69) is 12.2 Å². The van der Waals surface area contributed by atoms with Gasteiger partial charge in [0, 0.05) is 10.4 Å². The number of anilines is 1. The number of hydrogen-bond acceptors (Lipinski definition) is 6. The third kappa shape index (κ3) is 5.43. The minimum atomic E-state index is -1.35. The number of halogens is 1. The van der Waals surface area contributed by atoms with Crippen molar-refractivity contribution < 1.29 is 28.2 Å². The molecule has 0 aliphatic heterocycles. The molecule has 1 N–H and O–H groups in total. The fourth-order valence-corrected chi connectivity index (χ4v) is 5.54. The van der Waals surface area contributed by atoms with Gasteiger partial charge >= 0.3 is 11.9 Å². The highest BCUT2D eigenvalue weighted by Gasteiger charge is 2.32. The quantitative estimate of drug-likeness (QED) is 0.424. The lowest BCUT2D eigenvalue weighted by Gasteiger charge is -2.19. The van der Waals surface area contributed by atoms with Crippen LogP contribution in [0.4, 0.5) is 9.39 Å². The van der Waals surface area contributed by atoms with Gasteiger partial charge in [-0.3, -0.25) is 4.79 Å². The highest BCUT2D eigenvalue weighted by Crippen LogP contribution is 2.40. The summed E-state index contributed by atoms with van der Waals surface area (Å²) in [6.07, 6.45) is 1.13. The summed E-state index contributed by atoms with van der Waals surface area (Å²) >= 11 is 1.35. The summed E-state index contributed by atoms with van der Waals surface area (Å²) in [4.78, 5) is 40.0. The van der Waals surface area contributed by atoms with Gasteiger partial charge in [0.05, 0.1) is 17.7 Å². The van der Waals surface area contributed by atoms with E-state index in [1.807, 2.05) is 0 Å². The second kappa shape index (κ2) is 10.8. The van der Waals surface area contributed by atoms with E-state index in [-0.39, 0.29) is 12.2 Å². The van der Waals surface area contributed by atoms with Crippen LogP contribution in [0, 0.1) is 11.7 Å². The lowest BCUT2D eigenvalue weighted by Crippen LogP contribution is -2.26. The number of fused-ring (bicyclic) bond motifs is 1. The van der Waals surface area contributed by atoms with Gasteiger partial charge in [-0.15, -0.1) is 11.3 Å². The van der Waals surface area contributed by atoms with Crippen molar-refractivity contribution in [3.8, 4) is 0 Å². The van der Waals surface area contributed by atoms with Gasteiger partial charge in [-0.2, -0.15) is 0 Å². The molecular weight excluding hydrogens is 469 g/mol. The second-order valence-electron chi connectivity index (χ2n) is 8.44. The summed E-state index contributed by atoms with van der Waals surface area (Å²) in [7, 11) is 0. The topological polar surface area (TPSA) is 81.7 Å². The molecule has 1 amide bonds. The monoisotopic (exact) mass is 495 g/mol. The maximum atomic E-state index is 14.2. The molecule has 4 rings (SSSR count). The molecule has 6 nitrogen and oxygen atoms in total. The van der Waals surface area contributed by atoms with Crippen molar-refractivity contribution >= 4 is 34.2 Å². The number of esters is 2. The highest BCUT2D eigenvalue weighted by atomic mass is 32.1. The molecule has 2 atom stereocenters. The van der Waals surface area contributed by atoms with Crippen molar-refractivity contribution in [2.45, 2.75) is 39.2 Å². The van der Waals surface area contributed by atoms with Gasteiger partial charge in [0.1, 0.15) is 10.8 Å². The van der Waals surface area contributed by atoms with Crippen LogP contribution in [0.3, 0.4) is 0 Å². The Morgan fingerprint density at radius 2 is 1.80 bits per heavy atom. The zero-order chi connectivity index (χ0) is 24.9. The van der Waals surface area contributed by atoms with Crippen molar-refractivity contribution in [3.63, 3.8) is 0 Å². The van der Waals surface area contributed by atoms with Gasteiger partial charge in [-0.1, -0.05) is 49.4 Å². The van der Waals surface area contributed by atoms with Crippen molar-refractivity contribution in [1.82, 2.24) is 0 Å². The number of rotatable bonds is 7. The van der Waals surface area contributed by atoms with E-state index < -0.39 is 29.8 Å². The number of hydrogen-bond donors (Lipinski definition) is 1. The van der Waals surface area contributed by atoms with E-state index in [0.717, 1.165) is 35.8 Å². The van der Waals surface area contributed by atoms with E-state index in [0.29, 0.717) is 22.0 Å². The summed E-state index contributed by atoms with van der Waals surface area (Å²) in [6, 6.07) is 13.9. The molecule has 1 aliphatic carbocycles. The Hall–Kier alpha value is -3.52. The number of carbonyl (C=O) groups is 3. The van der Waals surface area contributed by atoms with Crippen LogP contribution in [-0.4, -0.2) is 24.5 Å². The van der Waals surface area contributed by atoms with Gasteiger partial charge in [0.2, 0.25) is 6.10 Å². The minimum Gasteiger partial charge on any atom is -0.462 e. The van der Waals surface area contributed by atoms with Crippen molar-refractivity contribution in [2.75, 3.05) is 11.9 Å². The highest BCUT2D eigenvalue weighted by molar-refractivity contribution is 7.17. The van der Waals surface area contributed by atoms with Crippen LogP contribution in [-0.2, 0) is 27.1 Å². The average Bonchev–Trinajstić information content (AvgIpc) is 3.20. The van der Waals surface area contributed by atoms with Crippen LogP contribution >= 0.6 is 11.3 Å². The summed E-state index contributed by atoms with van der Waals surface area (Å²) in [5, 5.41) is 3.17. The molecule has 1 aromatic heterocycles. The maximum Gasteiger partial charge on any atom is 0.342 e. The molecule has 182 valence electrons. The lowest BCUT2D eigenvalue weighted by atomic mass is 9.88. The Bertz CT molecular complexity index is 1240. The molecule has 0 spiro atoms. The molecule has 35 heavy (non-hydrogen) atoms. The van der Waals surface area contributed by atoms with Gasteiger partial charge in [0.25, 0.3) is 5.91 Å². The Morgan fingerprint density at radius 1 is 1.09 bits per heavy atom. The Morgan fingerprint density at radius 3 is 2.51 bits per heavy atom. The van der Waals surface area contributed by atoms with Gasteiger partial charge in [-0.25, -0.2) is 14.0 Å². The number of amides is 1. The number of thiophene rings is 1. The molecule has 0 bridgehead atoms. The number of carbonyl (C=O) groups excluding carboxylic acids is 3. The summed E-state index contributed by atoms with van der Waals surface area (Å²) < 4.78 is 24.9. The Balaban J connectivity index is 1.66. The Kier molecular flexibility index (Phi) is 7.60. The fraction of sp³-hybridized carbons (Fsp3) is 0.296. The molecule has 3 aromatic rings. The van der Waals surface area contributed by atoms with Gasteiger partial charge in [-0.05, 0) is 49.8 Å². The van der Waals surface area contributed by atoms with Crippen LogP contribution in [0.5, 0.6) is 0 Å². The van der Waals surface area contributed by atoms with Crippen molar-refractivity contribution in [3.05, 3.63) is 87.5 Å². The molecule has 0 radical (unpaired) electrons. The van der Waals surface area contributed by atoms with E-state index in [4.69, 9.17) is 9.47 Å². The average molecular weight is 496 g/mol. The second-order valence-corrected chi connectivity index (χ2v) is 9.55. The molecule has 1 aliphatic rings. The SMILES string of the molecule is CCOC(=O)c1c(NC(=O)[C@@H](OC(=O)c2ccccc2F)c2ccccc2)sc2c1CC[C@@H](C)C2. The minimum absolute atomic E-state index is 0.208. The first-order chi connectivity index (χ1) is 16.9. The van der Waals surface area contributed by atoms with E-state index in [1.165, 1.54) is 29.5 Å². The zero-order valence-electron chi connectivity index (χ0n) is 19.5. The first kappa shape index (κ1) is 24.6. The fourth-order valence-electron chi connectivity index (χ4n) is 4.13. The molecule has 1 heterocycles. The molecule has 0 fully saturated rings. The van der Waals surface area contributed by atoms with Crippen LogP contribution in [0.15, 0.2) is 54.6 Å². The molecule has 8 heteroatoms. The molecule has 0 saturated heterocycles. The van der Waals surface area contributed by atoms with Crippen molar-refractivity contribution in [2.24, 2.45) is 5.92 Å². The van der Waals surface area contributed by atoms with E-state index in [1.54, 1.807) is 37.3 Å². The smallest absolute Gasteiger partial charge is 0.342 e. The van der Waals surface area contributed by atoms with Crippen LogP contribution < -0.4 is 5.32 Å². The third-order valence-corrected chi connectivity index (χ3v) is 7.06. The molecule has 0 saturated carbocycles. The molecular formula is C27H26FNO5S. The summed E-state index contributed by atoms with van der Waals surface area (Å²) in [6.45, 7) is 4.09. The van der Waals surface area contributed by atoms with Gasteiger partial charge in [0.15, 0.2) is 0 Å². The normalized spacial score (nSPS) is 15.6. The predicted octanol–water partition coefficient (Wildman–Crippen LogP) is 5.73. The standard InChI is InChI=1S/C27H26FNO5S/c1-3-33-27(32)22-19-14-13-16(2)15-21(19)35-25(22)29-24(30)23(17-9-5-4-6-10-17)34-26(31)18-11-7-8-12-20(18)28/h4-12,16,23H,3,13-15H2,1-2H3,(H,29,30)/t16-,23+/m1/s1. The Labute approximate surface area is 207 Å². The van der Waals surface area contributed by atoms with E-state index >= 15 is 0 Å².